The summed E-state index contributed by atoms with van der Waals surface area (Å²) in [6.45, 7) is 4.57. The van der Waals surface area contributed by atoms with Crippen LogP contribution in [0.1, 0.15) is 65.2 Å². The third kappa shape index (κ3) is 13.8. The Morgan fingerprint density at radius 2 is 1.47 bits per heavy atom. The summed E-state index contributed by atoms with van der Waals surface area (Å²) in [6.07, 6.45) is 8.86. The molecule has 0 aliphatic heterocycles. The number of aliphatic hydroxyl groups excluding tert-OH is 2. The largest absolute Gasteiger partial charge is 0.391 e. The van der Waals surface area contributed by atoms with Gasteiger partial charge in [-0.3, -0.25) is 0 Å². The maximum atomic E-state index is 9.60. The second kappa shape index (κ2) is 12.3. The van der Waals surface area contributed by atoms with Gasteiger partial charge in [-0.05, 0) is 13.3 Å². The molecule has 0 aromatic heterocycles. The Kier molecular flexibility index (Phi) is 12.3. The molecule has 2 unspecified atom stereocenters. The maximum absolute atomic E-state index is 9.60. The zero-order chi connectivity index (χ0) is 12.9. The van der Waals surface area contributed by atoms with E-state index in [4.69, 9.17) is 9.84 Å². The van der Waals surface area contributed by atoms with E-state index in [0.29, 0.717) is 13.2 Å². The molecule has 17 heavy (non-hydrogen) atoms. The van der Waals surface area contributed by atoms with Crippen molar-refractivity contribution in [2.75, 3.05) is 13.2 Å². The molecule has 2 N–H and O–H groups in total. The van der Waals surface area contributed by atoms with Gasteiger partial charge in [-0.2, -0.15) is 0 Å². The molecule has 0 aromatic rings. The number of rotatable bonds is 12. The summed E-state index contributed by atoms with van der Waals surface area (Å²) in [5, 5.41) is 18.6. The smallest absolute Gasteiger partial charge is 0.0773 e. The topological polar surface area (TPSA) is 49.7 Å². The second-order valence-corrected chi connectivity index (χ2v) is 4.95. The van der Waals surface area contributed by atoms with Crippen LogP contribution in [0.2, 0.25) is 0 Å². The zero-order valence-electron chi connectivity index (χ0n) is 11.5. The van der Waals surface area contributed by atoms with Crippen molar-refractivity contribution in [3.63, 3.8) is 0 Å². The van der Waals surface area contributed by atoms with Gasteiger partial charge in [0.25, 0.3) is 0 Å². The summed E-state index contributed by atoms with van der Waals surface area (Å²) in [5.74, 6) is 0. The van der Waals surface area contributed by atoms with E-state index in [1.54, 1.807) is 6.92 Å². The quantitative estimate of drug-likeness (QED) is 0.521. The minimum Gasteiger partial charge on any atom is -0.391 e. The van der Waals surface area contributed by atoms with Gasteiger partial charge in [-0.25, -0.2) is 0 Å². The van der Waals surface area contributed by atoms with Gasteiger partial charge in [0, 0.05) is 0 Å². The lowest BCUT2D eigenvalue weighted by Gasteiger charge is -2.12. The molecule has 0 aromatic carbocycles. The van der Waals surface area contributed by atoms with Crippen LogP contribution in [-0.4, -0.2) is 35.6 Å². The van der Waals surface area contributed by atoms with E-state index in [1.807, 2.05) is 0 Å². The number of aliphatic hydroxyl groups is 2. The standard InChI is InChI=1S/C14H30O3/c1-3-4-5-6-7-8-9-10-14(16)12-17-11-13(2)15/h13-16H,3-12H2,1-2H3. The Bertz CT molecular complexity index is 148. The van der Waals surface area contributed by atoms with Gasteiger partial charge in [-0.15, -0.1) is 0 Å². The fraction of sp³-hybridized carbons (Fsp3) is 1.00. The van der Waals surface area contributed by atoms with Crippen LogP contribution in [0.3, 0.4) is 0 Å². The highest BCUT2D eigenvalue weighted by Gasteiger charge is 2.04. The summed E-state index contributed by atoms with van der Waals surface area (Å²) in [6, 6.07) is 0. The highest BCUT2D eigenvalue weighted by molar-refractivity contribution is 4.55. The summed E-state index contributed by atoms with van der Waals surface area (Å²) in [7, 11) is 0. The van der Waals surface area contributed by atoms with Crippen LogP contribution < -0.4 is 0 Å². The first-order valence-corrected chi connectivity index (χ1v) is 7.10. The molecule has 0 saturated carbocycles. The normalized spacial score (nSPS) is 14.8. The molecule has 0 amide bonds. The van der Waals surface area contributed by atoms with Gasteiger partial charge in [0.05, 0.1) is 25.4 Å². The van der Waals surface area contributed by atoms with Crippen molar-refractivity contribution in [2.45, 2.75) is 77.4 Å². The average molecular weight is 246 g/mol. The van der Waals surface area contributed by atoms with E-state index in [0.717, 1.165) is 12.8 Å². The molecule has 0 aliphatic rings. The molecular weight excluding hydrogens is 216 g/mol. The van der Waals surface area contributed by atoms with E-state index < -0.39 is 6.10 Å². The van der Waals surface area contributed by atoms with Crippen molar-refractivity contribution in [2.24, 2.45) is 0 Å². The molecule has 2 atom stereocenters. The van der Waals surface area contributed by atoms with Gasteiger partial charge in [0.15, 0.2) is 0 Å². The van der Waals surface area contributed by atoms with Gasteiger partial charge in [-0.1, -0.05) is 51.9 Å². The zero-order valence-corrected chi connectivity index (χ0v) is 11.5. The van der Waals surface area contributed by atoms with Crippen LogP contribution >= 0.6 is 0 Å². The van der Waals surface area contributed by atoms with Crippen LogP contribution in [-0.2, 0) is 4.74 Å². The van der Waals surface area contributed by atoms with Crippen LogP contribution in [0.5, 0.6) is 0 Å². The van der Waals surface area contributed by atoms with E-state index in [9.17, 15) is 5.11 Å². The summed E-state index contributed by atoms with van der Waals surface area (Å²) in [4.78, 5) is 0. The lowest BCUT2D eigenvalue weighted by Crippen LogP contribution is -2.19. The highest BCUT2D eigenvalue weighted by atomic mass is 16.5. The van der Waals surface area contributed by atoms with Crippen LogP contribution in [0.15, 0.2) is 0 Å². The van der Waals surface area contributed by atoms with Crippen molar-refractivity contribution >= 4 is 0 Å². The van der Waals surface area contributed by atoms with Gasteiger partial charge < -0.3 is 14.9 Å². The van der Waals surface area contributed by atoms with Crippen molar-refractivity contribution in [3.8, 4) is 0 Å². The maximum Gasteiger partial charge on any atom is 0.0773 e. The van der Waals surface area contributed by atoms with Crippen molar-refractivity contribution in [1.82, 2.24) is 0 Å². The molecule has 0 aliphatic carbocycles. The van der Waals surface area contributed by atoms with Crippen LogP contribution in [0.25, 0.3) is 0 Å². The third-order valence-electron chi connectivity index (χ3n) is 2.81. The van der Waals surface area contributed by atoms with Crippen LogP contribution in [0, 0.1) is 0 Å². The average Bonchev–Trinajstić information content (AvgIpc) is 2.27. The molecule has 0 bridgehead atoms. The predicted molar refractivity (Wildman–Crippen MR) is 71.1 cm³/mol. The molecule has 0 radical (unpaired) electrons. The fourth-order valence-electron chi connectivity index (χ4n) is 1.80. The number of ether oxygens (including phenoxy) is 1. The molecule has 3 heteroatoms. The Labute approximate surface area is 106 Å². The SMILES string of the molecule is CCCCCCCCCC(O)COCC(C)O. The lowest BCUT2D eigenvalue weighted by atomic mass is 10.1. The first-order chi connectivity index (χ1) is 8.16. The minimum absolute atomic E-state index is 0.314. The van der Waals surface area contributed by atoms with Gasteiger partial charge in [0.1, 0.15) is 0 Å². The Hall–Kier alpha value is -0.120. The van der Waals surface area contributed by atoms with Crippen molar-refractivity contribution < 1.29 is 14.9 Å². The summed E-state index contributed by atoms with van der Waals surface area (Å²) < 4.78 is 5.17. The Morgan fingerprint density at radius 3 is 2.06 bits per heavy atom. The summed E-state index contributed by atoms with van der Waals surface area (Å²) >= 11 is 0. The third-order valence-corrected chi connectivity index (χ3v) is 2.81. The first kappa shape index (κ1) is 16.9. The van der Waals surface area contributed by atoms with Crippen molar-refractivity contribution in [3.05, 3.63) is 0 Å². The molecule has 3 nitrogen and oxygen atoms in total. The molecular formula is C14H30O3. The van der Waals surface area contributed by atoms with E-state index >= 15 is 0 Å². The monoisotopic (exact) mass is 246 g/mol. The van der Waals surface area contributed by atoms with Gasteiger partial charge >= 0.3 is 0 Å². The highest BCUT2D eigenvalue weighted by Crippen LogP contribution is 2.09. The molecule has 0 saturated heterocycles. The molecule has 0 rings (SSSR count). The van der Waals surface area contributed by atoms with Gasteiger partial charge in [0.2, 0.25) is 0 Å². The summed E-state index contributed by atoms with van der Waals surface area (Å²) in [5.41, 5.74) is 0. The second-order valence-electron chi connectivity index (χ2n) is 4.95. The predicted octanol–water partition coefficient (Wildman–Crippen LogP) is 2.89. The molecule has 0 spiro atoms. The van der Waals surface area contributed by atoms with E-state index in [-0.39, 0.29) is 6.10 Å². The number of hydrogen-bond acceptors (Lipinski definition) is 3. The number of hydrogen-bond donors (Lipinski definition) is 2. The fourth-order valence-corrected chi connectivity index (χ4v) is 1.80. The lowest BCUT2D eigenvalue weighted by molar-refractivity contribution is -0.00504. The van der Waals surface area contributed by atoms with E-state index in [1.165, 1.54) is 38.5 Å². The molecule has 0 fully saturated rings. The first-order valence-electron chi connectivity index (χ1n) is 7.10. The van der Waals surface area contributed by atoms with E-state index in [2.05, 4.69) is 6.92 Å². The van der Waals surface area contributed by atoms with Crippen molar-refractivity contribution in [1.29, 1.82) is 0 Å². The minimum atomic E-state index is -0.444. The number of unbranched alkanes of at least 4 members (excludes halogenated alkanes) is 6. The van der Waals surface area contributed by atoms with Crippen LogP contribution in [0.4, 0.5) is 0 Å². The Balaban J connectivity index is 3.13. The molecule has 0 heterocycles. The Morgan fingerprint density at radius 1 is 0.882 bits per heavy atom. The molecule has 104 valence electrons.